The first-order valence-corrected chi connectivity index (χ1v) is 3.84. The molecule has 0 saturated heterocycles. The number of hydrogen-bond acceptors (Lipinski definition) is 2. The fourth-order valence-electron chi connectivity index (χ4n) is 2.17. The Hall–Kier alpha value is -1.28. The third-order valence-electron chi connectivity index (χ3n) is 2.76. The highest BCUT2D eigenvalue weighted by atomic mass is 14.5. The van der Waals surface area contributed by atoms with Crippen LogP contribution < -0.4 is 0 Å². The van der Waals surface area contributed by atoms with Gasteiger partial charge in [0.05, 0.1) is 24.0 Å². The third kappa shape index (κ3) is 0.700. The second-order valence-electron chi connectivity index (χ2n) is 3.26. The number of nitrogens with zero attached hydrogens (tertiary/aromatic N) is 2. The molecule has 2 rings (SSSR count). The van der Waals surface area contributed by atoms with E-state index in [0.29, 0.717) is 11.8 Å². The fourth-order valence-corrected chi connectivity index (χ4v) is 2.17. The third-order valence-corrected chi connectivity index (χ3v) is 2.76. The van der Waals surface area contributed by atoms with Gasteiger partial charge in [-0.3, -0.25) is 0 Å². The molecule has 0 aromatic heterocycles. The number of rotatable bonds is 0. The molecule has 2 nitrogen and oxygen atoms in total. The van der Waals surface area contributed by atoms with E-state index in [-0.39, 0.29) is 11.8 Å². The average Bonchev–Trinajstić information content (AvgIpc) is 2.60. The lowest BCUT2D eigenvalue weighted by Gasteiger charge is -2.14. The van der Waals surface area contributed by atoms with Crippen LogP contribution in [0, 0.1) is 46.3 Å². The van der Waals surface area contributed by atoms with E-state index in [9.17, 15) is 0 Å². The van der Waals surface area contributed by atoms with Crippen molar-refractivity contribution in [1.29, 1.82) is 10.5 Å². The lowest BCUT2D eigenvalue weighted by atomic mass is 9.85. The van der Waals surface area contributed by atoms with Crippen molar-refractivity contribution in [2.45, 2.75) is 6.42 Å². The molecule has 0 N–H and O–H groups in total. The van der Waals surface area contributed by atoms with Crippen molar-refractivity contribution >= 4 is 0 Å². The molecule has 0 radical (unpaired) electrons. The van der Waals surface area contributed by atoms with Crippen molar-refractivity contribution in [2.24, 2.45) is 23.7 Å². The van der Waals surface area contributed by atoms with Gasteiger partial charge in [0.25, 0.3) is 0 Å². The smallest absolute Gasteiger partial charge is 0.0690 e. The Bertz CT molecular complexity index is 251. The number of fused-ring (bicyclic) bond motifs is 2. The van der Waals surface area contributed by atoms with Crippen molar-refractivity contribution in [3.63, 3.8) is 0 Å². The molecule has 4 atom stereocenters. The van der Waals surface area contributed by atoms with Crippen LogP contribution in [0.3, 0.4) is 0 Å². The van der Waals surface area contributed by atoms with Gasteiger partial charge in [-0.05, 0) is 18.3 Å². The molecule has 2 heteroatoms. The Morgan fingerprint density at radius 3 is 1.82 bits per heavy atom. The maximum Gasteiger partial charge on any atom is 0.0690 e. The minimum Gasteiger partial charge on any atom is -0.198 e. The molecule has 0 aromatic carbocycles. The molecule has 2 bridgehead atoms. The minimum absolute atomic E-state index is 0.0324. The van der Waals surface area contributed by atoms with Crippen LogP contribution in [0.2, 0.25) is 0 Å². The van der Waals surface area contributed by atoms with Crippen LogP contribution in [-0.4, -0.2) is 0 Å². The molecule has 1 saturated carbocycles. The predicted octanol–water partition coefficient (Wildman–Crippen LogP) is 1.47. The Labute approximate surface area is 65.7 Å². The summed E-state index contributed by atoms with van der Waals surface area (Å²) in [6.07, 6.45) is 5.20. The molecule has 2 aliphatic rings. The Kier molecular flexibility index (Phi) is 1.23. The van der Waals surface area contributed by atoms with Crippen LogP contribution in [-0.2, 0) is 0 Å². The molecule has 0 amide bonds. The molecule has 0 aromatic rings. The topological polar surface area (TPSA) is 47.6 Å². The van der Waals surface area contributed by atoms with Crippen molar-refractivity contribution in [3.05, 3.63) is 12.2 Å². The van der Waals surface area contributed by atoms with Crippen molar-refractivity contribution in [1.82, 2.24) is 0 Å². The van der Waals surface area contributed by atoms with Gasteiger partial charge < -0.3 is 0 Å². The van der Waals surface area contributed by atoms with Gasteiger partial charge in [0.1, 0.15) is 0 Å². The molecule has 0 unspecified atom stereocenters. The standard InChI is InChI=1S/C9H8N2/c10-4-8-6-1-2-7(3-6)9(8)5-11/h1-2,6-9H,3H2/t6-,7-,8-,9+/m0/s1. The van der Waals surface area contributed by atoms with Crippen LogP contribution in [0.1, 0.15) is 6.42 Å². The largest absolute Gasteiger partial charge is 0.198 e. The van der Waals surface area contributed by atoms with Crippen LogP contribution in [0.4, 0.5) is 0 Å². The SMILES string of the molecule is N#C[C@@H]1[C@H](C#N)[C@H]2C=C[C@H]1C2. The minimum atomic E-state index is -0.0324. The lowest BCUT2D eigenvalue weighted by molar-refractivity contribution is 0.468. The van der Waals surface area contributed by atoms with E-state index in [0.717, 1.165) is 6.42 Å². The van der Waals surface area contributed by atoms with Crippen molar-refractivity contribution in [2.75, 3.05) is 0 Å². The fraction of sp³-hybridized carbons (Fsp3) is 0.556. The summed E-state index contributed by atoms with van der Waals surface area (Å²) in [5.41, 5.74) is 0. The van der Waals surface area contributed by atoms with Gasteiger partial charge in [0.2, 0.25) is 0 Å². The molecule has 0 heterocycles. The molecule has 2 aliphatic carbocycles. The summed E-state index contributed by atoms with van der Waals surface area (Å²) < 4.78 is 0. The van der Waals surface area contributed by atoms with E-state index < -0.39 is 0 Å². The number of nitriles is 2. The first-order valence-electron chi connectivity index (χ1n) is 3.84. The predicted molar refractivity (Wildman–Crippen MR) is 38.9 cm³/mol. The summed E-state index contributed by atoms with van der Waals surface area (Å²) in [5, 5.41) is 17.5. The number of allylic oxidation sites excluding steroid dienone is 2. The summed E-state index contributed by atoms with van der Waals surface area (Å²) in [7, 11) is 0. The highest BCUT2D eigenvalue weighted by Gasteiger charge is 2.44. The van der Waals surface area contributed by atoms with E-state index in [4.69, 9.17) is 10.5 Å². The monoisotopic (exact) mass is 144 g/mol. The Morgan fingerprint density at radius 2 is 1.45 bits per heavy atom. The van der Waals surface area contributed by atoms with E-state index in [1.54, 1.807) is 0 Å². The van der Waals surface area contributed by atoms with Crippen LogP contribution in [0.25, 0.3) is 0 Å². The zero-order chi connectivity index (χ0) is 7.84. The Morgan fingerprint density at radius 1 is 1.00 bits per heavy atom. The van der Waals surface area contributed by atoms with Gasteiger partial charge in [-0.1, -0.05) is 12.2 Å². The van der Waals surface area contributed by atoms with Gasteiger partial charge in [0, 0.05) is 0 Å². The van der Waals surface area contributed by atoms with Crippen LogP contribution in [0.5, 0.6) is 0 Å². The average molecular weight is 144 g/mol. The lowest BCUT2D eigenvalue weighted by Crippen LogP contribution is -2.15. The first kappa shape index (κ1) is 6.43. The molecule has 0 spiro atoms. The Balaban J connectivity index is 2.32. The molecular weight excluding hydrogens is 136 g/mol. The normalized spacial score (nSPS) is 45.3. The maximum atomic E-state index is 8.75. The van der Waals surface area contributed by atoms with E-state index in [1.807, 2.05) is 0 Å². The summed E-state index contributed by atoms with van der Waals surface area (Å²) in [5.74, 6) is 0.675. The highest BCUT2D eigenvalue weighted by Crippen LogP contribution is 2.47. The molecule has 0 aliphatic heterocycles. The van der Waals surface area contributed by atoms with Gasteiger partial charge >= 0.3 is 0 Å². The van der Waals surface area contributed by atoms with Gasteiger partial charge in [-0.15, -0.1) is 0 Å². The molecular formula is C9H8N2. The van der Waals surface area contributed by atoms with Gasteiger partial charge in [-0.25, -0.2) is 0 Å². The maximum absolute atomic E-state index is 8.75. The zero-order valence-corrected chi connectivity index (χ0v) is 6.07. The summed E-state index contributed by atoms with van der Waals surface area (Å²) in [6, 6.07) is 4.45. The van der Waals surface area contributed by atoms with E-state index in [2.05, 4.69) is 24.3 Å². The second kappa shape index (κ2) is 2.10. The van der Waals surface area contributed by atoms with Crippen LogP contribution >= 0.6 is 0 Å². The first-order chi connectivity index (χ1) is 5.36. The quantitative estimate of drug-likeness (QED) is 0.483. The number of hydrogen-bond donors (Lipinski definition) is 0. The van der Waals surface area contributed by atoms with E-state index in [1.165, 1.54) is 0 Å². The summed E-state index contributed by atoms with van der Waals surface area (Å²) in [4.78, 5) is 0. The highest BCUT2D eigenvalue weighted by molar-refractivity contribution is 5.22. The summed E-state index contributed by atoms with van der Waals surface area (Å²) in [6.45, 7) is 0. The van der Waals surface area contributed by atoms with Crippen molar-refractivity contribution in [3.8, 4) is 12.1 Å². The van der Waals surface area contributed by atoms with Gasteiger partial charge in [-0.2, -0.15) is 10.5 Å². The van der Waals surface area contributed by atoms with Gasteiger partial charge in [0.15, 0.2) is 0 Å². The van der Waals surface area contributed by atoms with Crippen LogP contribution in [0.15, 0.2) is 12.2 Å². The second-order valence-corrected chi connectivity index (χ2v) is 3.26. The molecule has 54 valence electrons. The van der Waals surface area contributed by atoms with E-state index >= 15 is 0 Å². The molecule has 1 fully saturated rings. The zero-order valence-electron chi connectivity index (χ0n) is 6.07. The van der Waals surface area contributed by atoms with Crippen molar-refractivity contribution < 1.29 is 0 Å². The summed E-state index contributed by atoms with van der Waals surface area (Å²) >= 11 is 0. The molecule has 11 heavy (non-hydrogen) atoms.